The number of rotatable bonds is 6. The lowest BCUT2D eigenvalue weighted by Gasteiger charge is -2.05. The minimum Gasteiger partial charge on any atom is -0.294 e. The van der Waals surface area contributed by atoms with Crippen molar-refractivity contribution < 1.29 is 9.59 Å². The molecule has 0 radical (unpaired) electrons. The molecule has 0 spiro atoms. The quantitative estimate of drug-likeness (QED) is 0.538. The summed E-state index contributed by atoms with van der Waals surface area (Å²) >= 11 is 0. The number of benzene rings is 2. The Labute approximate surface area is 137 Å². The Balaban J connectivity index is 2.07. The van der Waals surface area contributed by atoms with Crippen molar-refractivity contribution in [1.82, 2.24) is 0 Å². The van der Waals surface area contributed by atoms with Gasteiger partial charge in [0.25, 0.3) is 0 Å². The number of carbonyl (C=O) groups is 2. The Morgan fingerprint density at radius 2 is 1.26 bits per heavy atom. The lowest BCUT2D eigenvalue weighted by Crippen LogP contribution is -2.08. The van der Waals surface area contributed by atoms with E-state index in [1.165, 1.54) is 5.57 Å². The van der Waals surface area contributed by atoms with Gasteiger partial charge in [-0.05, 0) is 31.4 Å². The van der Waals surface area contributed by atoms with Gasteiger partial charge in [0, 0.05) is 11.1 Å². The van der Waals surface area contributed by atoms with Crippen molar-refractivity contribution in [2.75, 3.05) is 0 Å². The summed E-state index contributed by atoms with van der Waals surface area (Å²) in [5.41, 5.74) is 4.57. The van der Waals surface area contributed by atoms with Gasteiger partial charge >= 0.3 is 0 Å². The number of hydrogen-bond donors (Lipinski definition) is 0. The maximum Gasteiger partial charge on any atom is 0.170 e. The van der Waals surface area contributed by atoms with Gasteiger partial charge in [0.2, 0.25) is 0 Å². The molecule has 0 aromatic heterocycles. The summed E-state index contributed by atoms with van der Waals surface area (Å²) in [6.07, 6.45) is 3.04. The van der Waals surface area contributed by atoms with Crippen LogP contribution in [0.4, 0.5) is 0 Å². The molecule has 0 saturated heterocycles. The fourth-order valence-electron chi connectivity index (χ4n) is 2.43. The topological polar surface area (TPSA) is 34.1 Å². The molecule has 0 amide bonds. The number of aryl methyl sites for hydroxylation is 1. The van der Waals surface area contributed by atoms with E-state index in [1.54, 1.807) is 24.3 Å². The Hall–Kier alpha value is -2.48. The summed E-state index contributed by atoms with van der Waals surface area (Å²) in [6, 6.07) is 14.8. The fraction of sp³-hybridized carbons (Fsp3) is 0.238. The molecular weight excluding hydrogens is 284 g/mol. The average molecular weight is 306 g/mol. The van der Waals surface area contributed by atoms with E-state index < -0.39 is 0 Å². The van der Waals surface area contributed by atoms with E-state index in [9.17, 15) is 9.59 Å². The first-order chi connectivity index (χ1) is 11.0. The van der Waals surface area contributed by atoms with Crippen molar-refractivity contribution in [1.29, 1.82) is 0 Å². The Bertz CT molecular complexity index is 719. The van der Waals surface area contributed by atoms with Crippen molar-refractivity contribution in [2.24, 2.45) is 0 Å². The van der Waals surface area contributed by atoms with Crippen molar-refractivity contribution in [3.63, 3.8) is 0 Å². The van der Waals surface area contributed by atoms with E-state index in [4.69, 9.17) is 0 Å². The van der Waals surface area contributed by atoms with Gasteiger partial charge in [-0.1, -0.05) is 67.1 Å². The minimum absolute atomic E-state index is 0.0911. The van der Waals surface area contributed by atoms with Gasteiger partial charge in [0.15, 0.2) is 11.6 Å². The van der Waals surface area contributed by atoms with Crippen molar-refractivity contribution in [2.45, 2.75) is 33.6 Å². The molecule has 0 aliphatic carbocycles. The molecule has 118 valence electrons. The van der Waals surface area contributed by atoms with E-state index in [1.807, 2.05) is 31.2 Å². The largest absolute Gasteiger partial charge is 0.294 e. The molecule has 0 fully saturated rings. The number of carbonyl (C=O) groups excluding carboxylic acids is 2. The molecule has 0 aliphatic heterocycles. The molecule has 0 saturated carbocycles. The monoisotopic (exact) mass is 306 g/mol. The van der Waals surface area contributed by atoms with Gasteiger partial charge in [-0.15, -0.1) is 0 Å². The van der Waals surface area contributed by atoms with Crippen LogP contribution in [-0.4, -0.2) is 11.6 Å². The van der Waals surface area contributed by atoms with Gasteiger partial charge in [-0.2, -0.15) is 0 Å². The van der Waals surface area contributed by atoms with Crippen LogP contribution in [0.25, 0.3) is 5.57 Å². The smallest absolute Gasteiger partial charge is 0.170 e. The Morgan fingerprint density at radius 1 is 0.826 bits per heavy atom. The standard InChI is InChI=1S/C21H22O2/c1-4-5-16(3)17-10-12-19(13-11-17)21(23)14-20(22)18-8-6-15(2)7-9-18/h5-13H,4,14H2,1-3H3. The predicted octanol–water partition coefficient (Wildman–Crippen LogP) is 5.26. The fourth-order valence-corrected chi connectivity index (χ4v) is 2.43. The molecule has 0 heterocycles. The zero-order valence-corrected chi connectivity index (χ0v) is 13.9. The van der Waals surface area contributed by atoms with Crippen LogP contribution in [0.3, 0.4) is 0 Å². The van der Waals surface area contributed by atoms with Gasteiger partial charge in [-0.3, -0.25) is 9.59 Å². The molecule has 0 atom stereocenters. The Kier molecular flexibility index (Phi) is 5.64. The maximum absolute atomic E-state index is 12.3. The highest BCUT2D eigenvalue weighted by atomic mass is 16.1. The molecule has 2 nitrogen and oxygen atoms in total. The third kappa shape index (κ3) is 4.49. The summed E-state index contributed by atoms with van der Waals surface area (Å²) in [6.45, 7) is 6.12. The second-order valence-electron chi connectivity index (χ2n) is 5.76. The van der Waals surface area contributed by atoms with Crippen LogP contribution in [0.5, 0.6) is 0 Å². The number of hydrogen-bond acceptors (Lipinski definition) is 2. The highest BCUT2D eigenvalue weighted by molar-refractivity contribution is 6.13. The van der Waals surface area contributed by atoms with Crippen LogP contribution in [0.2, 0.25) is 0 Å². The molecular formula is C21H22O2. The second-order valence-corrected chi connectivity index (χ2v) is 5.76. The lowest BCUT2D eigenvalue weighted by molar-refractivity contribution is 0.0894. The molecule has 0 aliphatic rings. The number of ketones is 2. The van der Waals surface area contributed by atoms with Gasteiger partial charge in [0.1, 0.15) is 0 Å². The van der Waals surface area contributed by atoms with Crippen LogP contribution < -0.4 is 0 Å². The second kappa shape index (κ2) is 7.68. The molecule has 2 aromatic carbocycles. The third-order valence-corrected chi connectivity index (χ3v) is 3.87. The van der Waals surface area contributed by atoms with Gasteiger partial charge in [0.05, 0.1) is 6.42 Å². The zero-order valence-electron chi connectivity index (χ0n) is 13.9. The highest BCUT2D eigenvalue weighted by Gasteiger charge is 2.13. The third-order valence-electron chi connectivity index (χ3n) is 3.87. The normalized spacial score (nSPS) is 11.3. The first-order valence-electron chi connectivity index (χ1n) is 7.91. The highest BCUT2D eigenvalue weighted by Crippen LogP contribution is 2.17. The van der Waals surface area contributed by atoms with Crippen LogP contribution in [-0.2, 0) is 0 Å². The molecule has 23 heavy (non-hydrogen) atoms. The van der Waals surface area contributed by atoms with Crippen molar-refractivity contribution in [3.05, 3.63) is 76.9 Å². The maximum atomic E-state index is 12.3. The summed E-state index contributed by atoms with van der Waals surface area (Å²) in [7, 11) is 0. The number of Topliss-reactive ketones (excluding diaryl/α,β-unsaturated/α-hetero) is 2. The van der Waals surface area contributed by atoms with E-state index >= 15 is 0 Å². The molecule has 0 unspecified atom stereocenters. The van der Waals surface area contributed by atoms with Crippen molar-refractivity contribution >= 4 is 17.1 Å². The summed E-state index contributed by atoms with van der Waals surface area (Å²) in [5, 5.41) is 0. The molecule has 2 heteroatoms. The van der Waals surface area contributed by atoms with E-state index in [0.29, 0.717) is 11.1 Å². The van der Waals surface area contributed by atoms with Gasteiger partial charge in [-0.25, -0.2) is 0 Å². The zero-order chi connectivity index (χ0) is 16.8. The number of allylic oxidation sites excluding steroid dienone is 2. The lowest BCUT2D eigenvalue weighted by atomic mass is 9.98. The van der Waals surface area contributed by atoms with E-state index in [-0.39, 0.29) is 18.0 Å². The van der Waals surface area contributed by atoms with Crippen LogP contribution in [0.1, 0.15) is 58.5 Å². The molecule has 2 rings (SSSR count). The van der Waals surface area contributed by atoms with Gasteiger partial charge < -0.3 is 0 Å². The van der Waals surface area contributed by atoms with Crippen molar-refractivity contribution in [3.8, 4) is 0 Å². The summed E-state index contributed by atoms with van der Waals surface area (Å²) in [5.74, 6) is -0.277. The SMILES string of the molecule is CCC=C(C)c1ccc(C(=O)CC(=O)c2ccc(C)cc2)cc1. The molecule has 0 bridgehead atoms. The molecule has 0 N–H and O–H groups in total. The average Bonchev–Trinajstić information content (AvgIpc) is 2.55. The summed E-state index contributed by atoms with van der Waals surface area (Å²) < 4.78 is 0. The molecule has 2 aromatic rings. The van der Waals surface area contributed by atoms with E-state index in [0.717, 1.165) is 17.5 Å². The van der Waals surface area contributed by atoms with Crippen LogP contribution >= 0.6 is 0 Å². The van der Waals surface area contributed by atoms with Crippen LogP contribution in [0.15, 0.2) is 54.6 Å². The first-order valence-corrected chi connectivity index (χ1v) is 7.91. The summed E-state index contributed by atoms with van der Waals surface area (Å²) in [4.78, 5) is 24.4. The van der Waals surface area contributed by atoms with Crippen LogP contribution in [0, 0.1) is 6.92 Å². The Morgan fingerprint density at radius 3 is 1.74 bits per heavy atom. The minimum atomic E-state index is -0.140. The predicted molar refractivity (Wildman–Crippen MR) is 94.8 cm³/mol. The first kappa shape index (κ1) is 16.9. The van der Waals surface area contributed by atoms with E-state index in [2.05, 4.69) is 19.9 Å².